The van der Waals surface area contributed by atoms with Crippen molar-refractivity contribution in [3.05, 3.63) is 12.2 Å². The molecule has 1 spiro atoms. The molecule has 140 valence electrons. The zero-order valence-electron chi connectivity index (χ0n) is 16.9. The largest absolute Gasteiger partial charge is 0.347 e. The van der Waals surface area contributed by atoms with Crippen molar-refractivity contribution < 1.29 is 9.47 Å². The number of likely N-dealkylation sites (N-methyl/N-ethyl adjacent to an activating group) is 1. The van der Waals surface area contributed by atoms with Gasteiger partial charge in [0.2, 0.25) is 0 Å². The Kier molecular flexibility index (Phi) is 6.55. The Morgan fingerprint density at radius 3 is 2.46 bits per heavy atom. The summed E-state index contributed by atoms with van der Waals surface area (Å²) in [7, 11) is 2.15. The molecule has 0 aromatic heterocycles. The van der Waals surface area contributed by atoms with Crippen LogP contribution in [-0.2, 0) is 9.47 Å². The Hall–Kier alpha value is -0.380. The van der Waals surface area contributed by atoms with Gasteiger partial charge in [0, 0.05) is 25.9 Å². The summed E-state index contributed by atoms with van der Waals surface area (Å²) in [6.45, 7) is 18.4. The van der Waals surface area contributed by atoms with Crippen LogP contribution in [0, 0.1) is 17.3 Å². The van der Waals surface area contributed by atoms with Crippen molar-refractivity contribution in [1.82, 2.24) is 4.90 Å². The number of hydrogen-bond donors (Lipinski definition) is 0. The Bertz CT molecular complexity index is 422. The fourth-order valence-electron chi connectivity index (χ4n) is 4.20. The summed E-state index contributed by atoms with van der Waals surface area (Å²) in [6, 6.07) is 0. The van der Waals surface area contributed by atoms with E-state index in [-0.39, 0.29) is 11.9 Å². The van der Waals surface area contributed by atoms with Gasteiger partial charge in [0.05, 0.1) is 12.7 Å². The van der Waals surface area contributed by atoms with E-state index in [4.69, 9.17) is 9.47 Å². The quantitative estimate of drug-likeness (QED) is 0.619. The van der Waals surface area contributed by atoms with Gasteiger partial charge in [0.15, 0.2) is 5.79 Å². The molecule has 2 rings (SSSR count). The van der Waals surface area contributed by atoms with E-state index in [2.05, 4.69) is 53.1 Å². The van der Waals surface area contributed by atoms with Crippen molar-refractivity contribution >= 4 is 0 Å². The molecule has 1 heterocycles. The maximum absolute atomic E-state index is 6.40. The lowest BCUT2D eigenvalue weighted by Gasteiger charge is -2.44. The third-order valence-electron chi connectivity index (χ3n) is 6.57. The molecular formula is C21H39NO2. The first-order valence-electron chi connectivity index (χ1n) is 9.79. The zero-order chi connectivity index (χ0) is 18.0. The predicted molar refractivity (Wildman–Crippen MR) is 101 cm³/mol. The molecule has 1 saturated carbocycles. The Morgan fingerprint density at radius 2 is 1.92 bits per heavy atom. The number of rotatable bonds is 7. The van der Waals surface area contributed by atoms with Gasteiger partial charge < -0.3 is 14.4 Å². The number of nitrogens with zero attached hydrogens (tertiary/aromatic N) is 1. The minimum Gasteiger partial charge on any atom is -0.347 e. The molecule has 1 aliphatic carbocycles. The van der Waals surface area contributed by atoms with Crippen LogP contribution in [0.1, 0.15) is 66.7 Å². The van der Waals surface area contributed by atoms with Crippen molar-refractivity contribution in [3.63, 3.8) is 0 Å². The average molecular weight is 338 g/mol. The summed E-state index contributed by atoms with van der Waals surface area (Å²) in [5.74, 6) is 1.23. The molecule has 2 aliphatic rings. The summed E-state index contributed by atoms with van der Waals surface area (Å²) in [5, 5.41) is 0. The second-order valence-electron chi connectivity index (χ2n) is 9.20. The third kappa shape index (κ3) is 4.83. The summed E-state index contributed by atoms with van der Waals surface area (Å²) in [6.07, 6.45) is 5.89. The summed E-state index contributed by atoms with van der Waals surface area (Å²) in [4.78, 5) is 2.32. The van der Waals surface area contributed by atoms with Gasteiger partial charge in [0.25, 0.3) is 0 Å². The normalized spacial score (nSPS) is 31.3. The maximum atomic E-state index is 6.40. The van der Waals surface area contributed by atoms with Crippen LogP contribution in [0.25, 0.3) is 0 Å². The predicted octanol–water partition coefficient (Wildman–Crippen LogP) is 4.87. The minimum atomic E-state index is -0.277. The van der Waals surface area contributed by atoms with Gasteiger partial charge >= 0.3 is 0 Å². The second-order valence-corrected chi connectivity index (χ2v) is 9.20. The minimum absolute atomic E-state index is 0.257. The van der Waals surface area contributed by atoms with E-state index in [9.17, 15) is 0 Å². The van der Waals surface area contributed by atoms with Crippen molar-refractivity contribution in [2.24, 2.45) is 17.3 Å². The number of ether oxygens (including phenoxy) is 2. The highest BCUT2D eigenvalue weighted by Gasteiger charge is 2.46. The molecule has 1 aliphatic heterocycles. The van der Waals surface area contributed by atoms with Crippen LogP contribution in [0.15, 0.2) is 12.2 Å². The lowest BCUT2D eigenvalue weighted by molar-refractivity contribution is -0.198. The van der Waals surface area contributed by atoms with Crippen LogP contribution in [0.3, 0.4) is 0 Å². The lowest BCUT2D eigenvalue weighted by atomic mass is 9.64. The van der Waals surface area contributed by atoms with E-state index >= 15 is 0 Å². The smallest absolute Gasteiger partial charge is 0.168 e. The molecule has 3 heteroatoms. The molecule has 0 N–H and O–H groups in total. The SMILES string of the molecule is C=C(C)CN(C)CCC1COC2(CCC(C(C)(C)C(C)C)CC2)O1. The molecule has 24 heavy (non-hydrogen) atoms. The molecule has 0 amide bonds. The van der Waals surface area contributed by atoms with E-state index in [0.717, 1.165) is 50.8 Å². The molecule has 0 aromatic rings. The summed E-state index contributed by atoms with van der Waals surface area (Å²) >= 11 is 0. The van der Waals surface area contributed by atoms with Crippen molar-refractivity contribution in [2.45, 2.75) is 78.6 Å². The van der Waals surface area contributed by atoms with Gasteiger partial charge in [-0.25, -0.2) is 0 Å². The van der Waals surface area contributed by atoms with E-state index in [1.165, 1.54) is 18.4 Å². The first-order chi connectivity index (χ1) is 11.1. The van der Waals surface area contributed by atoms with Crippen LogP contribution >= 0.6 is 0 Å². The molecule has 0 aromatic carbocycles. The standard InChI is InChI=1S/C21H39NO2/c1-16(2)14-22(7)13-10-19-15-23-21(24-19)11-8-18(9-12-21)20(5,6)17(3)4/h17-19H,1,8-15H2,2-7H3. The van der Waals surface area contributed by atoms with E-state index < -0.39 is 0 Å². The van der Waals surface area contributed by atoms with Gasteiger partial charge in [0.1, 0.15) is 0 Å². The molecule has 0 bridgehead atoms. The molecule has 0 radical (unpaired) electrons. The van der Waals surface area contributed by atoms with Crippen LogP contribution < -0.4 is 0 Å². The van der Waals surface area contributed by atoms with Gasteiger partial charge in [-0.05, 0) is 50.5 Å². The average Bonchev–Trinajstić information content (AvgIpc) is 2.88. The highest BCUT2D eigenvalue weighted by atomic mass is 16.7. The van der Waals surface area contributed by atoms with E-state index in [0.29, 0.717) is 5.41 Å². The van der Waals surface area contributed by atoms with Gasteiger partial charge in [-0.15, -0.1) is 0 Å². The highest BCUT2D eigenvalue weighted by Crippen LogP contribution is 2.48. The number of hydrogen-bond acceptors (Lipinski definition) is 3. The monoisotopic (exact) mass is 337 g/mol. The third-order valence-corrected chi connectivity index (χ3v) is 6.57. The van der Waals surface area contributed by atoms with Crippen molar-refractivity contribution in [1.29, 1.82) is 0 Å². The fraction of sp³-hybridized carbons (Fsp3) is 0.905. The van der Waals surface area contributed by atoms with E-state index in [1.54, 1.807) is 0 Å². The van der Waals surface area contributed by atoms with Crippen LogP contribution in [-0.4, -0.2) is 43.5 Å². The van der Waals surface area contributed by atoms with Gasteiger partial charge in [-0.3, -0.25) is 0 Å². The Morgan fingerprint density at radius 1 is 1.29 bits per heavy atom. The first kappa shape index (κ1) is 19.9. The topological polar surface area (TPSA) is 21.7 Å². The molecule has 1 unspecified atom stereocenters. The zero-order valence-corrected chi connectivity index (χ0v) is 16.9. The van der Waals surface area contributed by atoms with Crippen LogP contribution in [0.5, 0.6) is 0 Å². The van der Waals surface area contributed by atoms with Gasteiger partial charge in [-0.1, -0.05) is 39.8 Å². The maximum Gasteiger partial charge on any atom is 0.168 e. The van der Waals surface area contributed by atoms with Crippen LogP contribution in [0.2, 0.25) is 0 Å². The van der Waals surface area contributed by atoms with Crippen molar-refractivity contribution in [2.75, 3.05) is 26.7 Å². The lowest BCUT2D eigenvalue weighted by Crippen LogP contribution is -2.41. The molecular weight excluding hydrogens is 298 g/mol. The summed E-state index contributed by atoms with van der Waals surface area (Å²) < 4.78 is 12.6. The van der Waals surface area contributed by atoms with Gasteiger partial charge in [-0.2, -0.15) is 0 Å². The molecule has 1 atom stereocenters. The molecule has 1 saturated heterocycles. The van der Waals surface area contributed by atoms with Crippen LogP contribution in [0.4, 0.5) is 0 Å². The Labute approximate surface area is 149 Å². The molecule has 2 fully saturated rings. The Balaban J connectivity index is 1.78. The fourth-order valence-corrected chi connectivity index (χ4v) is 4.20. The second kappa shape index (κ2) is 7.88. The highest BCUT2D eigenvalue weighted by molar-refractivity contribution is 4.92. The first-order valence-corrected chi connectivity index (χ1v) is 9.79. The van der Waals surface area contributed by atoms with E-state index in [1.807, 2.05) is 0 Å². The van der Waals surface area contributed by atoms with Crippen molar-refractivity contribution in [3.8, 4) is 0 Å². The summed E-state index contributed by atoms with van der Waals surface area (Å²) in [5.41, 5.74) is 1.62. The molecule has 3 nitrogen and oxygen atoms in total.